The van der Waals surface area contributed by atoms with E-state index in [1.54, 1.807) is 0 Å². The van der Waals surface area contributed by atoms with E-state index in [0.29, 0.717) is 0 Å². The Morgan fingerprint density at radius 3 is 2.56 bits per heavy atom. The van der Waals surface area contributed by atoms with Gasteiger partial charge in [-0.15, -0.1) is 0 Å². The number of nitrogens with one attached hydrogen (secondary N) is 1. The predicted octanol–water partition coefficient (Wildman–Crippen LogP) is 5.46. The molecule has 0 bridgehead atoms. The molecule has 2 aromatic carbocycles. The number of aliphatic imine (C=N–C) groups is 1. The maximum atomic E-state index is 4.88. The summed E-state index contributed by atoms with van der Waals surface area (Å²) in [5, 5.41) is 4.45. The molecule has 2 heterocycles. The molecule has 0 fully saturated rings. The highest BCUT2D eigenvalue weighted by atomic mass is 15.1. The summed E-state index contributed by atoms with van der Waals surface area (Å²) < 4.78 is 0. The van der Waals surface area contributed by atoms with Crippen molar-refractivity contribution >= 4 is 22.6 Å². The number of benzene rings is 2. The zero-order chi connectivity index (χ0) is 19.0. The third kappa shape index (κ3) is 3.23. The van der Waals surface area contributed by atoms with Crippen LogP contribution in [0.2, 0.25) is 0 Å². The molecule has 1 aliphatic heterocycles. The summed E-state index contributed by atoms with van der Waals surface area (Å²) in [6, 6.07) is 14.6. The Balaban J connectivity index is 1.84. The molecule has 0 saturated carbocycles. The topological polar surface area (TPSA) is 50.2 Å². The molecule has 1 aromatic heterocycles. The highest BCUT2D eigenvalue weighted by molar-refractivity contribution is 6.09. The van der Waals surface area contributed by atoms with Gasteiger partial charge in [-0.05, 0) is 62.1 Å². The van der Waals surface area contributed by atoms with Crippen LogP contribution < -0.4 is 5.32 Å². The molecule has 4 heteroatoms. The molecule has 1 unspecified atom stereocenters. The second-order valence-corrected chi connectivity index (χ2v) is 7.11. The van der Waals surface area contributed by atoms with E-state index >= 15 is 0 Å². The van der Waals surface area contributed by atoms with Crippen molar-refractivity contribution in [2.45, 2.75) is 40.2 Å². The number of aryl methyl sites for hydroxylation is 1. The van der Waals surface area contributed by atoms with Gasteiger partial charge in [0.2, 0.25) is 0 Å². The van der Waals surface area contributed by atoms with Gasteiger partial charge in [-0.2, -0.15) is 0 Å². The fourth-order valence-electron chi connectivity index (χ4n) is 3.51. The second kappa shape index (κ2) is 6.95. The van der Waals surface area contributed by atoms with Crippen molar-refractivity contribution in [1.29, 1.82) is 0 Å². The Labute approximate surface area is 160 Å². The van der Waals surface area contributed by atoms with Crippen LogP contribution in [0.5, 0.6) is 0 Å². The quantitative estimate of drug-likeness (QED) is 0.678. The van der Waals surface area contributed by atoms with Crippen LogP contribution in [0.1, 0.15) is 31.4 Å². The van der Waals surface area contributed by atoms with E-state index in [0.717, 1.165) is 40.4 Å². The van der Waals surface area contributed by atoms with Crippen molar-refractivity contribution in [1.82, 2.24) is 9.97 Å². The zero-order valence-electron chi connectivity index (χ0n) is 16.2. The molecule has 136 valence electrons. The van der Waals surface area contributed by atoms with Crippen LogP contribution in [0.3, 0.4) is 0 Å². The molecular formula is C23H24N4. The Morgan fingerprint density at radius 1 is 0.963 bits per heavy atom. The van der Waals surface area contributed by atoms with Crippen molar-refractivity contribution in [3.63, 3.8) is 0 Å². The van der Waals surface area contributed by atoms with E-state index < -0.39 is 0 Å². The van der Waals surface area contributed by atoms with Crippen LogP contribution in [0.4, 0.5) is 5.82 Å². The lowest BCUT2D eigenvalue weighted by molar-refractivity contribution is 0.756. The van der Waals surface area contributed by atoms with Crippen LogP contribution in [0.15, 0.2) is 59.1 Å². The van der Waals surface area contributed by atoms with Gasteiger partial charge in [0.05, 0.1) is 11.6 Å². The van der Waals surface area contributed by atoms with E-state index in [-0.39, 0.29) is 6.04 Å². The van der Waals surface area contributed by atoms with Gasteiger partial charge in [-0.3, -0.25) is 4.99 Å². The van der Waals surface area contributed by atoms with Crippen molar-refractivity contribution < 1.29 is 0 Å². The van der Waals surface area contributed by atoms with Crippen molar-refractivity contribution in [2.24, 2.45) is 4.99 Å². The van der Waals surface area contributed by atoms with Gasteiger partial charge in [0.1, 0.15) is 11.7 Å². The minimum absolute atomic E-state index is 0.263. The predicted molar refractivity (Wildman–Crippen MR) is 113 cm³/mol. The third-order valence-electron chi connectivity index (χ3n) is 5.27. The summed E-state index contributed by atoms with van der Waals surface area (Å²) in [7, 11) is 0. The summed E-state index contributed by atoms with van der Waals surface area (Å²) in [6.07, 6.45) is 3.12. The van der Waals surface area contributed by atoms with Crippen LogP contribution in [-0.2, 0) is 0 Å². The Morgan fingerprint density at radius 2 is 1.78 bits per heavy atom. The lowest BCUT2D eigenvalue weighted by Crippen LogP contribution is -2.11. The minimum atomic E-state index is 0.263. The monoisotopic (exact) mass is 356 g/mol. The molecule has 0 amide bonds. The molecular weight excluding hydrogens is 332 g/mol. The molecule has 0 radical (unpaired) electrons. The molecule has 3 aromatic rings. The lowest BCUT2D eigenvalue weighted by atomic mass is 10.0. The number of aromatic nitrogens is 2. The highest BCUT2D eigenvalue weighted by Crippen LogP contribution is 2.28. The summed E-state index contributed by atoms with van der Waals surface area (Å²) in [5.74, 6) is 2.41. The molecule has 4 rings (SSSR count). The third-order valence-corrected chi connectivity index (χ3v) is 5.27. The average Bonchev–Trinajstić information content (AvgIpc) is 3.03. The van der Waals surface area contributed by atoms with Crippen molar-refractivity contribution in [3.8, 4) is 11.4 Å². The summed E-state index contributed by atoms with van der Waals surface area (Å²) in [4.78, 5) is 14.5. The van der Waals surface area contributed by atoms with Crippen LogP contribution in [-0.4, -0.2) is 21.8 Å². The van der Waals surface area contributed by atoms with Gasteiger partial charge < -0.3 is 5.32 Å². The number of amidine groups is 1. The number of fused-ring (bicyclic) bond motifs is 1. The average molecular weight is 356 g/mol. The smallest absolute Gasteiger partial charge is 0.162 e. The van der Waals surface area contributed by atoms with Gasteiger partial charge in [0, 0.05) is 10.9 Å². The molecule has 1 atom stereocenters. The van der Waals surface area contributed by atoms with Crippen LogP contribution in [0, 0.1) is 13.8 Å². The number of anilines is 1. The molecule has 0 saturated heterocycles. The van der Waals surface area contributed by atoms with Gasteiger partial charge in [-0.25, -0.2) is 9.97 Å². The largest absolute Gasteiger partial charge is 0.325 e. The van der Waals surface area contributed by atoms with E-state index in [1.807, 2.05) is 24.3 Å². The number of hydrogen-bond donors (Lipinski definition) is 1. The maximum Gasteiger partial charge on any atom is 0.162 e. The molecule has 0 spiro atoms. The number of rotatable bonds is 3. The van der Waals surface area contributed by atoms with Gasteiger partial charge in [-0.1, -0.05) is 37.3 Å². The fourth-order valence-corrected chi connectivity index (χ4v) is 3.51. The highest BCUT2D eigenvalue weighted by Gasteiger charge is 2.17. The van der Waals surface area contributed by atoms with E-state index in [4.69, 9.17) is 15.0 Å². The first kappa shape index (κ1) is 17.4. The molecule has 1 aliphatic rings. The lowest BCUT2D eigenvalue weighted by Gasteiger charge is -2.12. The van der Waals surface area contributed by atoms with E-state index in [1.165, 1.54) is 16.7 Å². The summed E-state index contributed by atoms with van der Waals surface area (Å²) in [6.45, 7) is 8.53. The molecule has 1 N–H and O–H groups in total. The SMILES string of the molecule is CCC1N=C(Nc2nc(-c3cccc(C)c3C)nc3ccccc23)C=C1C. The minimum Gasteiger partial charge on any atom is -0.325 e. The van der Waals surface area contributed by atoms with E-state index in [2.05, 4.69) is 57.3 Å². The standard InChI is InChI=1S/C23H24N4/c1-5-19-15(3)13-21(24-19)26-23-18-10-6-7-12-20(18)25-22(27-23)17-11-8-9-14(2)16(17)4/h6-13,19H,5H2,1-4H3,(H,24,25,26,27). The normalized spacial score (nSPS) is 16.4. The first-order valence-corrected chi connectivity index (χ1v) is 9.43. The Hall–Kier alpha value is -3.01. The number of para-hydroxylation sites is 1. The van der Waals surface area contributed by atoms with Gasteiger partial charge in [0.25, 0.3) is 0 Å². The van der Waals surface area contributed by atoms with Crippen LogP contribution >= 0.6 is 0 Å². The maximum absolute atomic E-state index is 4.88. The zero-order valence-corrected chi connectivity index (χ0v) is 16.2. The summed E-state index contributed by atoms with van der Waals surface area (Å²) >= 11 is 0. The summed E-state index contributed by atoms with van der Waals surface area (Å²) in [5.41, 5.74) is 5.72. The Bertz CT molecular complexity index is 1080. The molecule has 0 aliphatic carbocycles. The first-order chi connectivity index (χ1) is 13.1. The van der Waals surface area contributed by atoms with Gasteiger partial charge >= 0.3 is 0 Å². The number of hydrogen-bond acceptors (Lipinski definition) is 4. The fraction of sp³-hybridized carbons (Fsp3) is 0.261. The second-order valence-electron chi connectivity index (χ2n) is 7.11. The van der Waals surface area contributed by atoms with Crippen molar-refractivity contribution in [2.75, 3.05) is 5.32 Å². The first-order valence-electron chi connectivity index (χ1n) is 9.43. The van der Waals surface area contributed by atoms with Crippen molar-refractivity contribution in [3.05, 3.63) is 65.2 Å². The van der Waals surface area contributed by atoms with Crippen LogP contribution in [0.25, 0.3) is 22.3 Å². The molecule has 27 heavy (non-hydrogen) atoms. The Kier molecular flexibility index (Phi) is 4.48. The number of nitrogens with zero attached hydrogens (tertiary/aromatic N) is 3. The van der Waals surface area contributed by atoms with Gasteiger partial charge in [0.15, 0.2) is 5.82 Å². The molecule has 4 nitrogen and oxygen atoms in total. The van der Waals surface area contributed by atoms with E-state index in [9.17, 15) is 0 Å².